The van der Waals surface area contributed by atoms with Crippen LogP contribution in [0.5, 0.6) is 0 Å². The van der Waals surface area contributed by atoms with Crippen molar-refractivity contribution in [1.82, 2.24) is 15.0 Å². The van der Waals surface area contributed by atoms with Gasteiger partial charge in [0.2, 0.25) is 0 Å². The summed E-state index contributed by atoms with van der Waals surface area (Å²) in [6, 6.07) is 5.36. The molecule has 0 radical (unpaired) electrons. The number of nitrogens with zero attached hydrogens (tertiary/aromatic N) is 3. The van der Waals surface area contributed by atoms with Crippen molar-refractivity contribution in [3.63, 3.8) is 0 Å². The van der Waals surface area contributed by atoms with E-state index in [4.69, 9.17) is 23.2 Å². The molecular formula is C12H6Cl2N4OS. The highest BCUT2D eigenvalue weighted by molar-refractivity contribution is 7.22. The lowest BCUT2D eigenvalue weighted by molar-refractivity contribution is 0.102. The lowest BCUT2D eigenvalue weighted by Crippen LogP contribution is -2.14. The van der Waals surface area contributed by atoms with Crippen LogP contribution in [-0.2, 0) is 0 Å². The number of carbonyl (C=O) groups is 1. The van der Waals surface area contributed by atoms with Gasteiger partial charge in [0.25, 0.3) is 5.91 Å². The number of fused-ring (bicyclic) bond motifs is 1. The third kappa shape index (κ3) is 2.58. The number of nitrogens with one attached hydrogen (secondary N) is 1. The van der Waals surface area contributed by atoms with Crippen molar-refractivity contribution < 1.29 is 4.79 Å². The van der Waals surface area contributed by atoms with Gasteiger partial charge in [0.15, 0.2) is 10.8 Å². The zero-order chi connectivity index (χ0) is 14.1. The summed E-state index contributed by atoms with van der Waals surface area (Å²) in [4.78, 5) is 23.9. The van der Waals surface area contributed by atoms with Crippen LogP contribution in [0.2, 0.25) is 10.0 Å². The Balaban J connectivity index is 1.89. The molecule has 0 aliphatic rings. The van der Waals surface area contributed by atoms with Crippen LogP contribution < -0.4 is 5.32 Å². The summed E-state index contributed by atoms with van der Waals surface area (Å²) in [6.07, 6.45) is 2.63. The molecule has 1 aromatic carbocycles. The molecule has 2 heterocycles. The summed E-state index contributed by atoms with van der Waals surface area (Å²) < 4.78 is 0.929. The maximum absolute atomic E-state index is 12.0. The first-order chi connectivity index (χ1) is 9.63. The molecule has 1 amide bonds. The van der Waals surface area contributed by atoms with Crippen LogP contribution in [-0.4, -0.2) is 20.9 Å². The predicted molar refractivity (Wildman–Crippen MR) is 79.6 cm³/mol. The number of anilines is 1. The van der Waals surface area contributed by atoms with E-state index in [0.29, 0.717) is 10.2 Å². The van der Waals surface area contributed by atoms with Gasteiger partial charge in [0, 0.05) is 11.2 Å². The van der Waals surface area contributed by atoms with Gasteiger partial charge in [-0.2, -0.15) is 0 Å². The highest BCUT2D eigenvalue weighted by atomic mass is 35.5. The first kappa shape index (κ1) is 13.2. The van der Waals surface area contributed by atoms with Gasteiger partial charge in [-0.15, -0.1) is 0 Å². The van der Waals surface area contributed by atoms with Gasteiger partial charge in [0.05, 0.1) is 15.2 Å². The number of hydrogen-bond donors (Lipinski definition) is 1. The summed E-state index contributed by atoms with van der Waals surface area (Å²) in [5, 5.41) is 3.90. The Morgan fingerprint density at radius 3 is 2.95 bits per heavy atom. The van der Waals surface area contributed by atoms with Crippen molar-refractivity contribution in [2.24, 2.45) is 0 Å². The molecule has 5 nitrogen and oxygen atoms in total. The number of rotatable bonds is 2. The molecule has 8 heteroatoms. The van der Waals surface area contributed by atoms with Gasteiger partial charge in [-0.05, 0) is 18.2 Å². The summed E-state index contributed by atoms with van der Waals surface area (Å²) in [6.45, 7) is 0. The number of aromatic nitrogens is 3. The molecule has 0 atom stereocenters. The average molecular weight is 325 g/mol. The molecule has 0 saturated carbocycles. The predicted octanol–water partition coefficient (Wildman–Crippen LogP) is 3.65. The second-order valence-electron chi connectivity index (χ2n) is 3.80. The summed E-state index contributed by atoms with van der Waals surface area (Å²) >= 11 is 13.1. The molecule has 3 aromatic rings. The normalized spacial score (nSPS) is 10.7. The van der Waals surface area contributed by atoms with Gasteiger partial charge >= 0.3 is 0 Å². The average Bonchev–Trinajstić information content (AvgIpc) is 2.80. The van der Waals surface area contributed by atoms with Crippen molar-refractivity contribution in [3.05, 3.63) is 46.5 Å². The molecule has 0 spiro atoms. The minimum atomic E-state index is -0.428. The molecule has 0 saturated heterocycles. The zero-order valence-corrected chi connectivity index (χ0v) is 12.1. The minimum Gasteiger partial charge on any atom is -0.296 e. The lowest BCUT2D eigenvalue weighted by atomic mass is 10.3. The molecular weight excluding hydrogens is 319 g/mol. The first-order valence-electron chi connectivity index (χ1n) is 5.46. The van der Waals surface area contributed by atoms with Crippen molar-refractivity contribution >= 4 is 55.8 Å². The van der Waals surface area contributed by atoms with E-state index in [0.717, 1.165) is 10.2 Å². The number of halogens is 2. The second-order valence-corrected chi connectivity index (χ2v) is 5.68. The molecule has 100 valence electrons. The molecule has 1 N–H and O–H groups in total. The van der Waals surface area contributed by atoms with Crippen LogP contribution in [0.15, 0.2) is 30.7 Å². The fourth-order valence-corrected chi connectivity index (χ4v) is 2.79. The Bertz CT molecular complexity index is 805. The van der Waals surface area contributed by atoms with Gasteiger partial charge in [-0.3, -0.25) is 10.1 Å². The van der Waals surface area contributed by atoms with Gasteiger partial charge < -0.3 is 0 Å². The topological polar surface area (TPSA) is 67.8 Å². The molecule has 3 rings (SSSR count). The van der Waals surface area contributed by atoms with E-state index in [2.05, 4.69) is 20.3 Å². The summed E-state index contributed by atoms with van der Waals surface area (Å²) in [7, 11) is 0. The Hall–Kier alpha value is -1.76. The monoisotopic (exact) mass is 324 g/mol. The largest absolute Gasteiger partial charge is 0.296 e. The Kier molecular flexibility index (Phi) is 3.52. The summed E-state index contributed by atoms with van der Waals surface area (Å²) in [5.41, 5.74) is 0.838. The molecule has 0 fully saturated rings. The van der Waals surface area contributed by atoms with Crippen LogP contribution in [0.25, 0.3) is 10.2 Å². The number of carbonyl (C=O) groups excluding carboxylic acids is 1. The quantitative estimate of drug-likeness (QED) is 0.781. The maximum atomic E-state index is 12.0. The number of thiazole rings is 1. The molecule has 2 aromatic heterocycles. The highest BCUT2D eigenvalue weighted by Gasteiger charge is 2.14. The van der Waals surface area contributed by atoms with E-state index >= 15 is 0 Å². The third-order valence-corrected chi connectivity index (χ3v) is 3.92. The van der Waals surface area contributed by atoms with Crippen LogP contribution in [0.4, 0.5) is 5.13 Å². The van der Waals surface area contributed by atoms with E-state index < -0.39 is 5.91 Å². The van der Waals surface area contributed by atoms with Crippen LogP contribution in [0.3, 0.4) is 0 Å². The Morgan fingerprint density at radius 1 is 1.30 bits per heavy atom. The molecule has 0 aliphatic heterocycles. The molecule has 20 heavy (non-hydrogen) atoms. The van der Waals surface area contributed by atoms with Crippen molar-refractivity contribution in [3.8, 4) is 0 Å². The van der Waals surface area contributed by atoms with Crippen LogP contribution in [0.1, 0.15) is 10.5 Å². The first-order valence-corrected chi connectivity index (χ1v) is 7.03. The number of hydrogen-bond acceptors (Lipinski definition) is 5. The SMILES string of the molecule is O=C(Nc1nc2cc(Cl)ccc2s1)c1ncncc1Cl. The third-order valence-electron chi connectivity index (χ3n) is 2.45. The van der Waals surface area contributed by atoms with Gasteiger partial charge in [-0.1, -0.05) is 34.5 Å². The van der Waals surface area contributed by atoms with Crippen LogP contribution in [0, 0.1) is 0 Å². The number of amides is 1. The highest BCUT2D eigenvalue weighted by Crippen LogP contribution is 2.28. The Labute approximate surface area is 127 Å². The standard InChI is InChI=1S/C12H6Cl2N4OS/c13-6-1-2-9-8(3-6)17-12(20-9)18-11(19)10-7(14)4-15-5-16-10/h1-5H,(H,17,18,19). The number of benzene rings is 1. The fourth-order valence-electron chi connectivity index (χ4n) is 1.59. The summed E-state index contributed by atoms with van der Waals surface area (Å²) in [5.74, 6) is -0.428. The van der Waals surface area contributed by atoms with Gasteiger partial charge in [0.1, 0.15) is 6.33 Å². The second kappa shape index (κ2) is 5.32. The molecule has 0 bridgehead atoms. The maximum Gasteiger partial charge on any atom is 0.277 e. The van der Waals surface area contributed by atoms with Crippen molar-refractivity contribution in [2.45, 2.75) is 0 Å². The molecule has 0 aliphatic carbocycles. The molecule has 0 unspecified atom stereocenters. The Morgan fingerprint density at radius 2 is 2.15 bits per heavy atom. The zero-order valence-electron chi connectivity index (χ0n) is 9.80. The van der Waals surface area contributed by atoms with E-state index in [9.17, 15) is 4.79 Å². The minimum absolute atomic E-state index is 0.110. The van der Waals surface area contributed by atoms with Gasteiger partial charge in [-0.25, -0.2) is 15.0 Å². The van der Waals surface area contributed by atoms with Crippen molar-refractivity contribution in [1.29, 1.82) is 0 Å². The van der Waals surface area contributed by atoms with E-state index in [1.54, 1.807) is 12.1 Å². The fraction of sp³-hybridized carbons (Fsp3) is 0. The van der Waals surface area contributed by atoms with E-state index in [1.165, 1.54) is 23.9 Å². The van der Waals surface area contributed by atoms with E-state index in [1.807, 2.05) is 6.07 Å². The lowest BCUT2D eigenvalue weighted by Gasteiger charge is -2.01. The van der Waals surface area contributed by atoms with Crippen molar-refractivity contribution in [2.75, 3.05) is 5.32 Å². The van der Waals surface area contributed by atoms with Crippen LogP contribution >= 0.6 is 34.5 Å². The van der Waals surface area contributed by atoms with E-state index in [-0.39, 0.29) is 10.7 Å². The smallest absolute Gasteiger partial charge is 0.277 e.